The van der Waals surface area contributed by atoms with Crippen LogP contribution in [0.15, 0.2) is 67.3 Å². The molecule has 0 heterocycles. The third-order valence-corrected chi connectivity index (χ3v) is 6.60. The lowest BCUT2D eigenvalue weighted by Crippen LogP contribution is -2.08. The summed E-state index contributed by atoms with van der Waals surface area (Å²) in [7, 11) is -3.21. The molecule has 2 rings (SSSR count). The summed E-state index contributed by atoms with van der Waals surface area (Å²) in [6.45, 7) is 0. The first-order valence-electron chi connectivity index (χ1n) is 5.84. The van der Waals surface area contributed by atoms with Crippen molar-refractivity contribution in [2.75, 3.05) is 11.5 Å². The predicted molar refractivity (Wildman–Crippen MR) is 91.1 cm³/mol. The summed E-state index contributed by atoms with van der Waals surface area (Å²) in [5.41, 5.74) is 0. The molecule has 0 bridgehead atoms. The number of hydrogen-bond donors (Lipinski definition) is 0. The average molecular weight is 436 g/mol. The predicted octanol–water partition coefficient (Wildman–Crippen LogP) is 4.78. The van der Waals surface area contributed by atoms with Gasteiger partial charge in [-0.2, -0.15) is 0 Å². The zero-order chi connectivity index (χ0) is 14.6. The van der Waals surface area contributed by atoms with Crippen molar-refractivity contribution in [3.63, 3.8) is 0 Å². The van der Waals surface area contributed by atoms with Gasteiger partial charge in [0.05, 0.1) is 10.6 Å². The van der Waals surface area contributed by atoms with Gasteiger partial charge in [-0.25, -0.2) is 8.42 Å². The number of rotatable bonds is 5. The van der Waals surface area contributed by atoms with E-state index in [0.29, 0.717) is 10.6 Å². The molecular weight excluding hydrogens is 424 g/mol. The van der Waals surface area contributed by atoms with Crippen LogP contribution in [0.4, 0.5) is 0 Å². The summed E-state index contributed by atoms with van der Waals surface area (Å²) in [4.78, 5) is 1.43. The molecule has 0 aliphatic rings. The van der Waals surface area contributed by atoms with Gasteiger partial charge in [-0.05, 0) is 42.5 Å². The van der Waals surface area contributed by atoms with E-state index in [0.717, 1.165) is 13.8 Å². The van der Waals surface area contributed by atoms with Gasteiger partial charge >= 0.3 is 0 Å². The van der Waals surface area contributed by atoms with Gasteiger partial charge in [0, 0.05) is 19.6 Å². The zero-order valence-corrected chi connectivity index (χ0v) is 15.2. The monoisotopic (exact) mass is 434 g/mol. The highest BCUT2D eigenvalue weighted by atomic mass is 79.9. The molecule has 0 saturated carbocycles. The Balaban J connectivity index is 1.98. The molecule has 2 aromatic rings. The SMILES string of the molecule is O=S(=O)(CCSc1cccc(Br)c1)c1ccc(Br)cc1. The van der Waals surface area contributed by atoms with Gasteiger partial charge < -0.3 is 0 Å². The summed E-state index contributed by atoms with van der Waals surface area (Å²) in [6.07, 6.45) is 0. The summed E-state index contributed by atoms with van der Waals surface area (Å²) in [6, 6.07) is 14.6. The van der Waals surface area contributed by atoms with Crippen LogP contribution in [0.25, 0.3) is 0 Å². The molecule has 0 aliphatic heterocycles. The minimum atomic E-state index is -3.21. The molecule has 0 aliphatic carbocycles. The van der Waals surface area contributed by atoms with Crippen molar-refractivity contribution in [2.45, 2.75) is 9.79 Å². The molecule has 0 N–H and O–H groups in total. The van der Waals surface area contributed by atoms with E-state index in [1.54, 1.807) is 36.0 Å². The molecule has 0 fully saturated rings. The molecule has 106 valence electrons. The minimum absolute atomic E-state index is 0.131. The molecule has 0 saturated heterocycles. The fourth-order valence-electron chi connectivity index (χ4n) is 1.59. The van der Waals surface area contributed by atoms with Crippen molar-refractivity contribution < 1.29 is 8.42 Å². The maximum atomic E-state index is 12.2. The molecule has 0 atom stereocenters. The molecule has 0 spiro atoms. The lowest BCUT2D eigenvalue weighted by molar-refractivity contribution is 0.597. The Hall–Kier alpha value is -0.300. The normalized spacial score (nSPS) is 11.5. The Morgan fingerprint density at radius 2 is 1.65 bits per heavy atom. The highest BCUT2D eigenvalue weighted by Gasteiger charge is 2.14. The quantitative estimate of drug-likeness (QED) is 0.633. The van der Waals surface area contributed by atoms with Crippen LogP contribution in [-0.4, -0.2) is 19.9 Å². The van der Waals surface area contributed by atoms with Crippen molar-refractivity contribution >= 4 is 53.5 Å². The highest BCUT2D eigenvalue weighted by molar-refractivity contribution is 9.10. The fourth-order valence-corrected chi connectivity index (χ4v) is 5.02. The first-order chi connectivity index (χ1) is 9.47. The van der Waals surface area contributed by atoms with Gasteiger partial charge in [0.15, 0.2) is 9.84 Å². The van der Waals surface area contributed by atoms with Crippen molar-refractivity contribution in [1.29, 1.82) is 0 Å². The topological polar surface area (TPSA) is 34.1 Å². The number of halogens is 2. The summed E-state index contributed by atoms with van der Waals surface area (Å²) in [5, 5.41) is 0. The molecule has 0 unspecified atom stereocenters. The van der Waals surface area contributed by atoms with Crippen molar-refractivity contribution in [1.82, 2.24) is 0 Å². The maximum absolute atomic E-state index is 12.2. The number of benzene rings is 2. The van der Waals surface area contributed by atoms with E-state index in [1.807, 2.05) is 24.3 Å². The standard InChI is InChI=1S/C14H12Br2O2S2/c15-11-4-6-14(7-5-11)20(17,18)9-8-19-13-3-1-2-12(16)10-13/h1-7,10H,8-9H2. The van der Waals surface area contributed by atoms with Crippen LogP contribution in [0.3, 0.4) is 0 Å². The third-order valence-electron chi connectivity index (χ3n) is 2.59. The average Bonchev–Trinajstić information content (AvgIpc) is 2.39. The van der Waals surface area contributed by atoms with Crippen LogP contribution in [0, 0.1) is 0 Å². The number of hydrogen-bond acceptors (Lipinski definition) is 3. The second-order valence-electron chi connectivity index (χ2n) is 4.08. The van der Waals surface area contributed by atoms with Gasteiger partial charge in [0.1, 0.15) is 0 Å². The Morgan fingerprint density at radius 1 is 0.950 bits per heavy atom. The Bertz CT molecular complexity index is 683. The molecular formula is C14H12Br2O2S2. The van der Waals surface area contributed by atoms with E-state index < -0.39 is 9.84 Å². The molecule has 2 aromatic carbocycles. The van der Waals surface area contributed by atoms with Crippen LogP contribution in [0.1, 0.15) is 0 Å². The molecule has 6 heteroatoms. The van der Waals surface area contributed by atoms with Crippen molar-refractivity contribution in [3.05, 3.63) is 57.5 Å². The summed E-state index contributed by atoms with van der Waals surface area (Å²) >= 11 is 8.24. The fraction of sp³-hybridized carbons (Fsp3) is 0.143. The number of thioether (sulfide) groups is 1. The van der Waals surface area contributed by atoms with E-state index in [2.05, 4.69) is 31.9 Å². The lowest BCUT2D eigenvalue weighted by atomic mass is 10.4. The van der Waals surface area contributed by atoms with Gasteiger partial charge in [0.2, 0.25) is 0 Å². The third kappa shape index (κ3) is 4.62. The van der Waals surface area contributed by atoms with Crippen LogP contribution in [0.5, 0.6) is 0 Å². The van der Waals surface area contributed by atoms with Gasteiger partial charge in [-0.1, -0.05) is 37.9 Å². The first kappa shape index (κ1) is 16.1. The van der Waals surface area contributed by atoms with Crippen LogP contribution < -0.4 is 0 Å². The zero-order valence-electron chi connectivity index (χ0n) is 10.4. The Morgan fingerprint density at radius 3 is 2.30 bits per heavy atom. The first-order valence-corrected chi connectivity index (χ1v) is 10.1. The van der Waals surface area contributed by atoms with E-state index in [9.17, 15) is 8.42 Å². The Labute approximate surface area is 140 Å². The summed E-state index contributed by atoms with van der Waals surface area (Å²) < 4.78 is 26.2. The van der Waals surface area contributed by atoms with Crippen LogP contribution in [0.2, 0.25) is 0 Å². The van der Waals surface area contributed by atoms with E-state index in [-0.39, 0.29) is 5.75 Å². The minimum Gasteiger partial charge on any atom is -0.224 e. The largest absolute Gasteiger partial charge is 0.224 e. The van der Waals surface area contributed by atoms with E-state index in [4.69, 9.17) is 0 Å². The van der Waals surface area contributed by atoms with Gasteiger partial charge in [0.25, 0.3) is 0 Å². The van der Waals surface area contributed by atoms with E-state index in [1.165, 1.54) is 0 Å². The van der Waals surface area contributed by atoms with Crippen molar-refractivity contribution in [2.24, 2.45) is 0 Å². The van der Waals surface area contributed by atoms with Crippen molar-refractivity contribution in [3.8, 4) is 0 Å². The number of sulfone groups is 1. The lowest BCUT2D eigenvalue weighted by Gasteiger charge is -2.05. The molecule has 20 heavy (non-hydrogen) atoms. The van der Waals surface area contributed by atoms with Gasteiger partial charge in [-0.3, -0.25) is 0 Å². The maximum Gasteiger partial charge on any atom is 0.179 e. The second kappa shape index (κ2) is 7.11. The molecule has 0 aromatic heterocycles. The summed E-state index contributed by atoms with van der Waals surface area (Å²) in [5.74, 6) is 0.667. The van der Waals surface area contributed by atoms with Crippen LogP contribution >= 0.6 is 43.6 Å². The van der Waals surface area contributed by atoms with Crippen LogP contribution in [-0.2, 0) is 9.84 Å². The van der Waals surface area contributed by atoms with E-state index >= 15 is 0 Å². The molecule has 0 radical (unpaired) electrons. The smallest absolute Gasteiger partial charge is 0.179 e. The molecule has 0 amide bonds. The van der Waals surface area contributed by atoms with Gasteiger partial charge in [-0.15, -0.1) is 11.8 Å². The molecule has 2 nitrogen and oxygen atoms in total. The second-order valence-corrected chi connectivity index (χ2v) is 9.19. The Kier molecular flexibility index (Phi) is 5.72. The highest BCUT2D eigenvalue weighted by Crippen LogP contribution is 2.23.